The van der Waals surface area contributed by atoms with E-state index in [0.717, 1.165) is 34.1 Å². The van der Waals surface area contributed by atoms with Gasteiger partial charge in [-0.15, -0.1) is 0 Å². The molecule has 6 heteroatoms. The van der Waals surface area contributed by atoms with Gasteiger partial charge in [0.2, 0.25) is 12.7 Å². The van der Waals surface area contributed by atoms with Gasteiger partial charge in [0.1, 0.15) is 5.82 Å². The van der Waals surface area contributed by atoms with Crippen LogP contribution in [0, 0.1) is 13.8 Å². The van der Waals surface area contributed by atoms with Gasteiger partial charge in [0.25, 0.3) is 0 Å². The average molecular weight is 348 g/mol. The van der Waals surface area contributed by atoms with E-state index in [9.17, 15) is 0 Å². The summed E-state index contributed by atoms with van der Waals surface area (Å²) in [7, 11) is 0. The number of nitrogens with one attached hydrogen (secondary N) is 2. The largest absolute Gasteiger partial charge is 0.454 e. The van der Waals surface area contributed by atoms with Crippen molar-refractivity contribution in [3.63, 3.8) is 0 Å². The number of anilines is 3. The first-order valence-electron chi connectivity index (χ1n) is 8.47. The second-order valence-electron chi connectivity index (χ2n) is 6.25. The van der Waals surface area contributed by atoms with E-state index in [1.807, 2.05) is 30.3 Å². The summed E-state index contributed by atoms with van der Waals surface area (Å²) >= 11 is 0. The quantitative estimate of drug-likeness (QED) is 0.721. The predicted octanol–water partition coefficient (Wildman–Crippen LogP) is 4.18. The van der Waals surface area contributed by atoms with Crippen molar-refractivity contribution in [2.45, 2.75) is 20.4 Å². The molecule has 1 aliphatic rings. The minimum atomic E-state index is 0.283. The van der Waals surface area contributed by atoms with Gasteiger partial charge in [-0.25, -0.2) is 4.98 Å². The molecule has 1 aliphatic heterocycles. The maximum absolute atomic E-state index is 5.41. The average Bonchev–Trinajstić information content (AvgIpc) is 3.10. The summed E-state index contributed by atoms with van der Waals surface area (Å²) < 4.78 is 10.7. The van der Waals surface area contributed by atoms with E-state index < -0.39 is 0 Å². The highest BCUT2D eigenvalue weighted by Crippen LogP contribution is 2.32. The van der Waals surface area contributed by atoms with E-state index in [1.54, 1.807) is 6.20 Å². The maximum atomic E-state index is 5.41. The summed E-state index contributed by atoms with van der Waals surface area (Å²) in [4.78, 5) is 8.83. The van der Waals surface area contributed by atoms with Crippen LogP contribution in [0.3, 0.4) is 0 Å². The van der Waals surface area contributed by atoms with Crippen molar-refractivity contribution >= 4 is 17.5 Å². The molecule has 0 saturated heterocycles. The molecule has 0 fully saturated rings. The molecule has 26 heavy (non-hydrogen) atoms. The second kappa shape index (κ2) is 6.92. The molecule has 6 nitrogen and oxygen atoms in total. The zero-order valence-electron chi connectivity index (χ0n) is 14.7. The van der Waals surface area contributed by atoms with Crippen LogP contribution in [-0.2, 0) is 6.54 Å². The van der Waals surface area contributed by atoms with Crippen LogP contribution in [0.2, 0.25) is 0 Å². The van der Waals surface area contributed by atoms with Crippen molar-refractivity contribution < 1.29 is 9.47 Å². The van der Waals surface area contributed by atoms with E-state index >= 15 is 0 Å². The Balaban J connectivity index is 1.44. The molecule has 4 rings (SSSR count). The Bertz CT molecular complexity index is 943. The summed E-state index contributed by atoms with van der Waals surface area (Å²) in [6, 6.07) is 14.0. The lowest BCUT2D eigenvalue weighted by Gasteiger charge is -2.11. The third kappa shape index (κ3) is 3.54. The molecular weight excluding hydrogens is 328 g/mol. The van der Waals surface area contributed by atoms with Gasteiger partial charge in [-0.3, -0.25) is 0 Å². The highest BCUT2D eigenvalue weighted by Gasteiger charge is 2.13. The molecule has 0 bridgehead atoms. The Morgan fingerprint density at radius 3 is 2.77 bits per heavy atom. The molecular formula is C20H20N4O2. The lowest BCUT2D eigenvalue weighted by atomic mass is 10.1. The third-order valence-electron chi connectivity index (χ3n) is 4.19. The summed E-state index contributed by atoms with van der Waals surface area (Å²) in [5, 5.41) is 6.59. The van der Waals surface area contributed by atoms with Gasteiger partial charge >= 0.3 is 0 Å². The number of ether oxygens (including phenoxy) is 2. The molecule has 1 aromatic heterocycles. The molecule has 2 aromatic carbocycles. The van der Waals surface area contributed by atoms with Crippen LogP contribution in [0.4, 0.5) is 17.5 Å². The lowest BCUT2D eigenvalue weighted by molar-refractivity contribution is 0.174. The topological polar surface area (TPSA) is 68.3 Å². The standard InChI is InChI=1S/C20H20N4O2/c1-13-3-5-16(14(2)9-13)23-20-21-8-7-19(24-20)22-11-15-4-6-17-18(10-15)26-12-25-17/h3-10H,11-12H2,1-2H3,(H2,21,22,23,24). The fraction of sp³-hybridized carbons (Fsp3) is 0.200. The summed E-state index contributed by atoms with van der Waals surface area (Å²) in [6.07, 6.45) is 1.74. The highest BCUT2D eigenvalue weighted by atomic mass is 16.7. The minimum Gasteiger partial charge on any atom is -0.454 e. The molecule has 0 saturated carbocycles. The van der Waals surface area contributed by atoms with Gasteiger partial charge in [-0.05, 0) is 49.2 Å². The number of aromatic nitrogens is 2. The van der Waals surface area contributed by atoms with Crippen LogP contribution in [0.15, 0.2) is 48.7 Å². The van der Waals surface area contributed by atoms with Gasteiger partial charge in [0.15, 0.2) is 11.5 Å². The molecule has 0 unspecified atom stereocenters. The van der Waals surface area contributed by atoms with Gasteiger partial charge in [0, 0.05) is 18.4 Å². The zero-order chi connectivity index (χ0) is 17.9. The van der Waals surface area contributed by atoms with Gasteiger partial charge in [-0.2, -0.15) is 4.98 Å². The zero-order valence-corrected chi connectivity index (χ0v) is 14.7. The SMILES string of the molecule is Cc1ccc(Nc2nccc(NCc3ccc4c(c3)OCO4)n2)c(C)c1. The van der Waals surface area contributed by atoms with E-state index in [2.05, 4.69) is 46.6 Å². The number of nitrogens with zero attached hydrogens (tertiary/aromatic N) is 2. The molecule has 0 spiro atoms. The number of fused-ring (bicyclic) bond motifs is 1. The van der Waals surface area contributed by atoms with E-state index in [4.69, 9.17) is 9.47 Å². The fourth-order valence-corrected chi connectivity index (χ4v) is 2.84. The minimum absolute atomic E-state index is 0.283. The van der Waals surface area contributed by atoms with Crippen molar-refractivity contribution in [2.24, 2.45) is 0 Å². The summed E-state index contributed by atoms with van der Waals surface area (Å²) in [5.41, 5.74) is 4.49. The lowest BCUT2D eigenvalue weighted by Crippen LogP contribution is -2.04. The first kappa shape index (κ1) is 16.2. The predicted molar refractivity (Wildman–Crippen MR) is 101 cm³/mol. The van der Waals surface area contributed by atoms with Crippen molar-refractivity contribution in [1.29, 1.82) is 0 Å². The number of hydrogen-bond acceptors (Lipinski definition) is 6. The molecule has 0 amide bonds. The van der Waals surface area contributed by atoms with Crippen LogP contribution in [0.1, 0.15) is 16.7 Å². The third-order valence-corrected chi connectivity index (χ3v) is 4.19. The molecule has 2 heterocycles. The van der Waals surface area contributed by atoms with Crippen molar-refractivity contribution in [3.8, 4) is 11.5 Å². The number of rotatable bonds is 5. The molecule has 0 radical (unpaired) electrons. The van der Waals surface area contributed by atoms with Crippen molar-refractivity contribution in [3.05, 3.63) is 65.4 Å². The van der Waals surface area contributed by atoms with Gasteiger partial charge < -0.3 is 20.1 Å². The maximum Gasteiger partial charge on any atom is 0.231 e. The van der Waals surface area contributed by atoms with E-state index in [-0.39, 0.29) is 6.79 Å². The molecule has 0 aliphatic carbocycles. The molecule has 0 atom stereocenters. The van der Waals surface area contributed by atoms with Crippen molar-refractivity contribution in [2.75, 3.05) is 17.4 Å². The molecule has 3 aromatic rings. The van der Waals surface area contributed by atoms with Crippen molar-refractivity contribution in [1.82, 2.24) is 9.97 Å². The van der Waals surface area contributed by atoms with Crippen LogP contribution in [0.25, 0.3) is 0 Å². The monoisotopic (exact) mass is 348 g/mol. The van der Waals surface area contributed by atoms with Crippen LogP contribution < -0.4 is 20.1 Å². The van der Waals surface area contributed by atoms with Gasteiger partial charge in [-0.1, -0.05) is 23.8 Å². The Hall–Kier alpha value is -3.28. The molecule has 132 valence electrons. The second-order valence-corrected chi connectivity index (χ2v) is 6.25. The Morgan fingerprint density at radius 1 is 1.00 bits per heavy atom. The van der Waals surface area contributed by atoms with E-state index in [1.165, 1.54) is 5.56 Å². The Morgan fingerprint density at radius 2 is 1.88 bits per heavy atom. The fourth-order valence-electron chi connectivity index (χ4n) is 2.84. The normalized spacial score (nSPS) is 12.1. The highest BCUT2D eigenvalue weighted by molar-refractivity contribution is 5.59. The first-order chi connectivity index (χ1) is 12.7. The number of benzene rings is 2. The summed E-state index contributed by atoms with van der Waals surface area (Å²) in [5.74, 6) is 2.89. The molecule has 2 N–H and O–H groups in total. The van der Waals surface area contributed by atoms with Crippen LogP contribution in [-0.4, -0.2) is 16.8 Å². The van der Waals surface area contributed by atoms with E-state index in [0.29, 0.717) is 12.5 Å². The summed E-state index contributed by atoms with van der Waals surface area (Å²) in [6.45, 7) is 5.06. The number of hydrogen-bond donors (Lipinski definition) is 2. The first-order valence-corrected chi connectivity index (χ1v) is 8.47. The Kier molecular flexibility index (Phi) is 4.31. The van der Waals surface area contributed by atoms with Crippen LogP contribution in [0.5, 0.6) is 11.5 Å². The van der Waals surface area contributed by atoms with Gasteiger partial charge in [0.05, 0.1) is 0 Å². The Labute approximate surface area is 152 Å². The smallest absolute Gasteiger partial charge is 0.231 e. The van der Waals surface area contributed by atoms with Crippen LogP contribution >= 0.6 is 0 Å². The number of aryl methyl sites for hydroxylation is 2.